The number of rotatable bonds is 4. The maximum Gasteiger partial charge on any atom is 0.363 e. The smallest absolute Gasteiger partial charge is 0.363 e. The van der Waals surface area contributed by atoms with Crippen molar-refractivity contribution in [2.24, 2.45) is 0 Å². The number of nitrogens with zero attached hydrogens (tertiary/aromatic N) is 1. The van der Waals surface area contributed by atoms with E-state index in [2.05, 4.69) is 11.8 Å². The van der Waals surface area contributed by atoms with Crippen molar-refractivity contribution < 1.29 is 24.0 Å². The molecule has 1 unspecified atom stereocenters. The van der Waals surface area contributed by atoms with Gasteiger partial charge >= 0.3 is 5.97 Å². The molecule has 6 heteroatoms. The van der Waals surface area contributed by atoms with Crippen LogP contribution < -0.4 is 4.74 Å². The highest BCUT2D eigenvalue weighted by Gasteiger charge is 2.33. The second kappa shape index (κ2) is 7.84. The average molecular weight is 341 g/mol. The molecule has 0 bridgehead atoms. The summed E-state index contributed by atoms with van der Waals surface area (Å²) in [6, 6.07) is 6.40. The molecule has 3 rings (SSSR count). The molecule has 1 aromatic rings. The molecule has 2 amide bonds. The van der Waals surface area contributed by atoms with Crippen molar-refractivity contribution in [1.29, 1.82) is 0 Å². The zero-order valence-electron chi connectivity index (χ0n) is 13.8. The summed E-state index contributed by atoms with van der Waals surface area (Å²) in [6.07, 6.45) is 5.17. The molecule has 0 spiro atoms. The molecule has 0 aromatic heterocycles. The normalized spacial score (nSPS) is 20.3. The van der Waals surface area contributed by atoms with E-state index in [1.54, 1.807) is 24.3 Å². The van der Waals surface area contributed by atoms with Crippen molar-refractivity contribution in [1.82, 2.24) is 5.06 Å². The third-order valence-corrected chi connectivity index (χ3v) is 4.08. The van der Waals surface area contributed by atoms with Gasteiger partial charge < -0.3 is 9.57 Å². The van der Waals surface area contributed by atoms with E-state index in [-0.39, 0.29) is 24.5 Å². The molecule has 130 valence electrons. The SMILES string of the molecule is O=C(ON1C(=O)CCC1=O)c1ccc(OC2C#CCCCCC2)cc1. The van der Waals surface area contributed by atoms with Crippen molar-refractivity contribution in [3.8, 4) is 17.6 Å². The van der Waals surface area contributed by atoms with E-state index < -0.39 is 17.8 Å². The van der Waals surface area contributed by atoms with Gasteiger partial charge in [-0.25, -0.2) is 4.79 Å². The van der Waals surface area contributed by atoms with Crippen molar-refractivity contribution in [3.63, 3.8) is 0 Å². The van der Waals surface area contributed by atoms with Crippen molar-refractivity contribution in [2.75, 3.05) is 0 Å². The first-order chi connectivity index (χ1) is 12.1. The number of hydroxylamine groups is 2. The lowest BCUT2D eigenvalue weighted by molar-refractivity contribution is -0.172. The Morgan fingerprint density at radius 3 is 2.48 bits per heavy atom. The van der Waals surface area contributed by atoms with E-state index >= 15 is 0 Å². The lowest BCUT2D eigenvalue weighted by Crippen LogP contribution is -2.32. The standard InChI is InChI=1S/C19H19NO5/c21-17-12-13-18(22)20(17)25-19(23)14-8-10-16(11-9-14)24-15-6-4-2-1-3-5-7-15/h8-11,15H,1-4,6,12-13H2. The van der Waals surface area contributed by atoms with Crippen LogP contribution in [0, 0.1) is 11.8 Å². The minimum absolute atomic E-state index is 0.0707. The first-order valence-electron chi connectivity index (χ1n) is 8.47. The van der Waals surface area contributed by atoms with Crippen molar-refractivity contribution in [3.05, 3.63) is 29.8 Å². The van der Waals surface area contributed by atoms with Crippen LogP contribution in [0.5, 0.6) is 5.75 Å². The van der Waals surface area contributed by atoms with Gasteiger partial charge in [-0.05, 0) is 43.5 Å². The highest BCUT2D eigenvalue weighted by Crippen LogP contribution is 2.19. The van der Waals surface area contributed by atoms with Gasteiger partial charge in [0.2, 0.25) is 0 Å². The van der Waals surface area contributed by atoms with Crippen LogP contribution in [0.4, 0.5) is 0 Å². The van der Waals surface area contributed by atoms with Crippen molar-refractivity contribution in [2.45, 2.75) is 51.0 Å². The third-order valence-electron chi connectivity index (χ3n) is 4.08. The summed E-state index contributed by atoms with van der Waals surface area (Å²) in [7, 11) is 0. The second-order valence-corrected chi connectivity index (χ2v) is 6.01. The maximum absolute atomic E-state index is 12.0. The summed E-state index contributed by atoms with van der Waals surface area (Å²) in [5.74, 6) is 5.11. The molecule has 0 saturated carbocycles. The number of ether oxygens (including phenoxy) is 1. The molecule has 0 N–H and O–H groups in total. The Labute approximate surface area is 146 Å². The fraction of sp³-hybridized carbons (Fsp3) is 0.421. The van der Waals surface area contributed by atoms with Gasteiger partial charge in [0.15, 0.2) is 6.10 Å². The molecular weight excluding hydrogens is 322 g/mol. The van der Waals surface area contributed by atoms with Gasteiger partial charge in [-0.3, -0.25) is 9.59 Å². The summed E-state index contributed by atoms with van der Waals surface area (Å²) in [5, 5.41) is 0.539. The van der Waals surface area contributed by atoms with Crippen LogP contribution in [-0.2, 0) is 14.4 Å². The lowest BCUT2D eigenvalue weighted by atomic mass is 10.1. The van der Waals surface area contributed by atoms with E-state index in [4.69, 9.17) is 9.57 Å². The molecule has 1 atom stereocenters. The fourth-order valence-corrected chi connectivity index (χ4v) is 2.69. The number of amides is 2. The van der Waals surface area contributed by atoms with Gasteiger partial charge in [-0.2, -0.15) is 0 Å². The molecule has 1 saturated heterocycles. The monoisotopic (exact) mass is 341 g/mol. The van der Waals surface area contributed by atoms with Gasteiger partial charge in [-0.15, -0.1) is 5.06 Å². The Hall–Kier alpha value is -2.81. The molecule has 25 heavy (non-hydrogen) atoms. The number of carbonyl (C=O) groups excluding carboxylic acids is 3. The van der Waals surface area contributed by atoms with Crippen LogP contribution in [0.1, 0.15) is 55.3 Å². The Kier molecular flexibility index (Phi) is 5.34. The highest BCUT2D eigenvalue weighted by atomic mass is 16.7. The Morgan fingerprint density at radius 1 is 1.04 bits per heavy atom. The topological polar surface area (TPSA) is 72.9 Å². The van der Waals surface area contributed by atoms with Crippen LogP contribution in [0.2, 0.25) is 0 Å². The Bertz CT molecular complexity index is 712. The van der Waals surface area contributed by atoms with Gasteiger partial charge in [0.05, 0.1) is 5.56 Å². The largest absolute Gasteiger partial charge is 0.478 e. The summed E-state index contributed by atoms with van der Waals surface area (Å²) in [5.41, 5.74) is 0.239. The first-order valence-corrected chi connectivity index (χ1v) is 8.47. The predicted molar refractivity (Wildman–Crippen MR) is 88.2 cm³/mol. The molecule has 0 radical (unpaired) electrons. The van der Waals surface area contributed by atoms with Crippen LogP contribution in [0.3, 0.4) is 0 Å². The minimum Gasteiger partial charge on any atom is -0.478 e. The summed E-state index contributed by atoms with van der Waals surface area (Å²) >= 11 is 0. The maximum atomic E-state index is 12.0. The molecule has 6 nitrogen and oxygen atoms in total. The Morgan fingerprint density at radius 2 is 1.76 bits per heavy atom. The molecule has 1 aliphatic heterocycles. The van der Waals surface area contributed by atoms with Crippen molar-refractivity contribution >= 4 is 17.8 Å². The number of hydrogen-bond donors (Lipinski definition) is 0. The molecule has 2 aliphatic rings. The van der Waals surface area contributed by atoms with Crippen LogP contribution in [-0.4, -0.2) is 29.0 Å². The molecular formula is C19H19NO5. The van der Waals surface area contributed by atoms with Crippen LogP contribution >= 0.6 is 0 Å². The average Bonchev–Trinajstić information content (AvgIpc) is 2.90. The zero-order chi connectivity index (χ0) is 17.6. The second-order valence-electron chi connectivity index (χ2n) is 6.01. The quantitative estimate of drug-likeness (QED) is 0.622. The number of benzene rings is 1. The molecule has 1 heterocycles. The summed E-state index contributed by atoms with van der Waals surface area (Å²) in [4.78, 5) is 39.9. The fourth-order valence-electron chi connectivity index (χ4n) is 2.69. The molecule has 1 fully saturated rings. The van der Waals surface area contributed by atoms with Gasteiger partial charge in [0, 0.05) is 19.3 Å². The van der Waals surface area contributed by atoms with E-state index in [0.717, 1.165) is 32.1 Å². The van der Waals surface area contributed by atoms with Gasteiger partial charge in [-0.1, -0.05) is 18.3 Å². The zero-order valence-corrected chi connectivity index (χ0v) is 13.8. The highest BCUT2D eigenvalue weighted by molar-refractivity contribution is 6.02. The first kappa shape index (κ1) is 17.0. The van der Waals surface area contributed by atoms with E-state index in [9.17, 15) is 14.4 Å². The van der Waals surface area contributed by atoms with Gasteiger partial charge in [0.25, 0.3) is 11.8 Å². The minimum atomic E-state index is -0.749. The molecule has 1 aromatic carbocycles. The third kappa shape index (κ3) is 4.38. The van der Waals surface area contributed by atoms with E-state index in [1.807, 2.05) is 0 Å². The van der Waals surface area contributed by atoms with E-state index in [0.29, 0.717) is 10.8 Å². The van der Waals surface area contributed by atoms with E-state index in [1.165, 1.54) is 0 Å². The number of carbonyl (C=O) groups is 3. The number of imide groups is 1. The predicted octanol–water partition coefficient (Wildman–Crippen LogP) is 2.62. The number of hydrogen-bond acceptors (Lipinski definition) is 5. The lowest BCUT2D eigenvalue weighted by Gasteiger charge is -2.16. The van der Waals surface area contributed by atoms with Gasteiger partial charge in [0.1, 0.15) is 5.75 Å². The Balaban J connectivity index is 1.60. The van der Waals surface area contributed by atoms with Crippen LogP contribution in [0.15, 0.2) is 24.3 Å². The summed E-state index contributed by atoms with van der Waals surface area (Å²) < 4.78 is 5.85. The summed E-state index contributed by atoms with van der Waals surface area (Å²) in [6.45, 7) is 0. The molecule has 1 aliphatic carbocycles. The van der Waals surface area contributed by atoms with Crippen LogP contribution in [0.25, 0.3) is 0 Å².